The van der Waals surface area contributed by atoms with E-state index in [0.717, 1.165) is 32.6 Å². The number of nitrogens with one attached hydrogen (secondary N) is 1. The Morgan fingerprint density at radius 2 is 2.21 bits per heavy atom. The Balaban J connectivity index is 1.75. The van der Waals surface area contributed by atoms with Gasteiger partial charge in [0.15, 0.2) is 0 Å². The second kappa shape index (κ2) is 7.04. The number of rotatable bonds is 8. The monoisotopic (exact) mass is 262 g/mol. The maximum Gasteiger partial charge on any atom is 0.0948 e. The second-order valence-electron chi connectivity index (χ2n) is 5.12. The molecule has 0 bridgehead atoms. The molecule has 0 unspecified atom stereocenters. The van der Waals surface area contributed by atoms with Crippen molar-refractivity contribution in [2.75, 3.05) is 6.54 Å². The molecule has 0 radical (unpaired) electrons. The maximum absolute atomic E-state index is 4.22. The maximum atomic E-state index is 4.22. The normalized spacial score (nSPS) is 11.3. The van der Waals surface area contributed by atoms with Crippen LogP contribution in [0.3, 0.4) is 0 Å². The van der Waals surface area contributed by atoms with E-state index >= 15 is 0 Å². The molecule has 6 nitrogen and oxygen atoms in total. The zero-order valence-corrected chi connectivity index (χ0v) is 11.7. The zero-order valence-electron chi connectivity index (χ0n) is 11.7. The molecule has 2 heterocycles. The molecule has 0 spiro atoms. The van der Waals surface area contributed by atoms with Crippen molar-refractivity contribution in [2.24, 2.45) is 5.92 Å². The molecule has 1 N–H and O–H groups in total. The molecule has 0 aliphatic carbocycles. The average Bonchev–Trinajstić information content (AvgIpc) is 3.01. The quantitative estimate of drug-likeness (QED) is 0.779. The molecular weight excluding hydrogens is 240 g/mol. The highest BCUT2D eigenvalue weighted by molar-refractivity contribution is 4.97. The highest BCUT2D eigenvalue weighted by Crippen LogP contribution is 2.02. The summed E-state index contributed by atoms with van der Waals surface area (Å²) in [6.45, 7) is 8.17. The van der Waals surface area contributed by atoms with Crippen LogP contribution in [-0.4, -0.2) is 31.1 Å². The first-order chi connectivity index (χ1) is 9.25. The Morgan fingerprint density at radius 1 is 1.32 bits per heavy atom. The van der Waals surface area contributed by atoms with Crippen LogP contribution in [-0.2, 0) is 19.6 Å². The van der Waals surface area contributed by atoms with Crippen molar-refractivity contribution in [1.82, 2.24) is 29.9 Å². The number of aromatic nitrogens is 5. The van der Waals surface area contributed by atoms with Crippen molar-refractivity contribution in [3.8, 4) is 0 Å². The SMILES string of the molecule is CC(C)CNCc1cncn1CCCn1ccnn1. The minimum atomic E-state index is 0.670. The first-order valence-corrected chi connectivity index (χ1v) is 6.79. The molecule has 2 aromatic heterocycles. The average molecular weight is 262 g/mol. The molecule has 0 aliphatic heterocycles. The van der Waals surface area contributed by atoms with Gasteiger partial charge in [-0.05, 0) is 18.9 Å². The minimum absolute atomic E-state index is 0.670. The van der Waals surface area contributed by atoms with Crippen LogP contribution in [0.5, 0.6) is 0 Å². The van der Waals surface area contributed by atoms with E-state index in [0.29, 0.717) is 5.92 Å². The van der Waals surface area contributed by atoms with Gasteiger partial charge >= 0.3 is 0 Å². The van der Waals surface area contributed by atoms with Gasteiger partial charge < -0.3 is 9.88 Å². The molecule has 0 aliphatic rings. The minimum Gasteiger partial charge on any atom is -0.333 e. The number of nitrogens with zero attached hydrogens (tertiary/aromatic N) is 5. The van der Waals surface area contributed by atoms with E-state index in [2.05, 4.69) is 39.0 Å². The molecule has 0 atom stereocenters. The van der Waals surface area contributed by atoms with Crippen LogP contribution < -0.4 is 5.32 Å². The fourth-order valence-electron chi connectivity index (χ4n) is 1.94. The molecule has 0 amide bonds. The van der Waals surface area contributed by atoms with E-state index in [1.54, 1.807) is 6.20 Å². The standard InChI is InChI=1S/C13H22N6/c1-12(2)8-14-9-13-10-15-11-18(13)5-3-6-19-7-4-16-17-19/h4,7,10-12,14H,3,5-6,8-9H2,1-2H3. The van der Waals surface area contributed by atoms with Crippen LogP contribution in [0.25, 0.3) is 0 Å². The molecule has 0 fully saturated rings. The van der Waals surface area contributed by atoms with Crippen molar-refractivity contribution >= 4 is 0 Å². The fraction of sp³-hybridized carbons (Fsp3) is 0.615. The van der Waals surface area contributed by atoms with Crippen molar-refractivity contribution < 1.29 is 0 Å². The van der Waals surface area contributed by atoms with Crippen molar-refractivity contribution in [3.63, 3.8) is 0 Å². The van der Waals surface area contributed by atoms with Crippen molar-refractivity contribution in [1.29, 1.82) is 0 Å². The topological polar surface area (TPSA) is 60.6 Å². The Hall–Kier alpha value is -1.69. The Kier molecular flexibility index (Phi) is 5.09. The lowest BCUT2D eigenvalue weighted by Crippen LogP contribution is -2.21. The third kappa shape index (κ3) is 4.48. The Morgan fingerprint density at radius 3 is 2.95 bits per heavy atom. The molecule has 0 saturated carbocycles. The van der Waals surface area contributed by atoms with Crippen LogP contribution >= 0.6 is 0 Å². The van der Waals surface area contributed by atoms with Gasteiger partial charge in [-0.25, -0.2) is 4.98 Å². The molecule has 6 heteroatoms. The summed E-state index contributed by atoms with van der Waals surface area (Å²) in [6, 6.07) is 0. The van der Waals surface area contributed by atoms with Crippen LogP contribution in [0, 0.1) is 5.92 Å². The lowest BCUT2D eigenvalue weighted by Gasteiger charge is -2.10. The van der Waals surface area contributed by atoms with Crippen LogP contribution in [0.2, 0.25) is 0 Å². The summed E-state index contributed by atoms with van der Waals surface area (Å²) in [7, 11) is 0. The molecule has 2 aromatic rings. The third-order valence-electron chi connectivity index (χ3n) is 2.92. The lowest BCUT2D eigenvalue weighted by atomic mass is 10.2. The summed E-state index contributed by atoms with van der Waals surface area (Å²) in [6.07, 6.45) is 8.45. The second-order valence-corrected chi connectivity index (χ2v) is 5.12. The molecule has 104 valence electrons. The Bertz CT molecular complexity index is 459. The number of aryl methyl sites for hydroxylation is 2. The van der Waals surface area contributed by atoms with Gasteiger partial charge in [0, 0.05) is 32.0 Å². The summed E-state index contributed by atoms with van der Waals surface area (Å²) in [5.41, 5.74) is 1.24. The molecule has 0 aromatic carbocycles. The van der Waals surface area contributed by atoms with E-state index in [4.69, 9.17) is 0 Å². The number of imidazole rings is 1. The summed E-state index contributed by atoms with van der Waals surface area (Å²) in [5, 5.41) is 11.2. The molecule has 19 heavy (non-hydrogen) atoms. The molecule has 0 saturated heterocycles. The van der Waals surface area contributed by atoms with E-state index in [1.807, 2.05) is 23.4 Å². The molecular formula is C13H22N6. The Labute approximate surface area is 113 Å². The smallest absolute Gasteiger partial charge is 0.0948 e. The van der Waals surface area contributed by atoms with E-state index < -0.39 is 0 Å². The third-order valence-corrected chi connectivity index (χ3v) is 2.92. The van der Waals surface area contributed by atoms with Gasteiger partial charge in [-0.2, -0.15) is 0 Å². The summed E-state index contributed by atoms with van der Waals surface area (Å²) < 4.78 is 4.05. The van der Waals surface area contributed by atoms with Gasteiger partial charge in [0.05, 0.1) is 18.2 Å². The van der Waals surface area contributed by atoms with E-state index in [9.17, 15) is 0 Å². The van der Waals surface area contributed by atoms with Crippen LogP contribution in [0.1, 0.15) is 26.0 Å². The number of hydrogen-bond acceptors (Lipinski definition) is 4. The molecule has 2 rings (SSSR count). The zero-order chi connectivity index (χ0) is 13.5. The van der Waals surface area contributed by atoms with Crippen LogP contribution in [0.15, 0.2) is 24.9 Å². The first kappa shape index (κ1) is 13.7. The number of hydrogen-bond donors (Lipinski definition) is 1. The first-order valence-electron chi connectivity index (χ1n) is 6.79. The highest BCUT2D eigenvalue weighted by Gasteiger charge is 2.02. The lowest BCUT2D eigenvalue weighted by molar-refractivity contribution is 0.494. The van der Waals surface area contributed by atoms with Gasteiger partial charge in [-0.3, -0.25) is 4.68 Å². The van der Waals surface area contributed by atoms with Crippen LogP contribution in [0.4, 0.5) is 0 Å². The largest absolute Gasteiger partial charge is 0.333 e. The van der Waals surface area contributed by atoms with Gasteiger partial charge in [-0.1, -0.05) is 19.1 Å². The van der Waals surface area contributed by atoms with Crippen molar-refractivity contribution in [3.05, 3.63) is 30.6 Å². The van der Waals surface area contributed by atoms with Crippen molar-refractivity contribution in [2.45, 2.75) is 39.9 Å². The van der Waals surface area contributed by atoms with Gasteiger partial charge in [-0.15, -0.1) is 5.10 Å². The van der Waals surface area contributed by atoms with Gasteiger partial charge in [0.1, 0.15) is 0 Å². The predicted molar refractivity (Wildman–Crippen MR) is 73.4 cm³/mol. The van der Waals surface area contributed by atoms with E-state index in [1.165, 1.54) is 5.69 Å². The van der Waals surface area contributed by atoms with Gasteiger partial charge in [0.2, 0.25) is 0 Å². The van der Waals surface area contributed by atoms with Gasteiger partial charge in [0.25, 0.3) is 0 Å². The predicted octanol–water partition coefficient (Wildman–Crippen LogP) is 1.31. The summed E-state index contributed by atoms with van der Waals surface area (Å²) in [5.74, 6) is 0.670. The summed E-state index contributed by atoms with van der Waals surface area (Å²) >= 11 is 0. The fourth-order valence-corrected chi connectivity index (χ4v) is 1.94. The van der Waals surface area contributed by atoms with E-state index in [-0.39, 0.29) is 0 Å². The summed E-state index contributed by atoms with van der Waals surface area (Å²) in [4.78, 5) is 4.22. The highest BCUT2D eigenvalue weighted by atomic mass is 15.4.